The highest BCUT2D eigenvalue weighted by atomic mass is 14.9. The Morgan fingerprint density at radius 2 is 2.00 bits per heavy atom. The van der Waals surface area contributed by atoms with Crippen molar-refractivity contribution in [3.8, 4) is 0 Å². The molecule has 1 nitrogen and oxygen atoms in total. The van der Waals surface area contributed by atoms with E-state index in [1.165, 1.54) is 38.8 Å². The zero-order valence-corrected chi connectivity index (χ0v) is 7.97. The SMILES string of the molecule is CC1C=CC2(CCNCC2)CC1. The molecule has 1 aliphatic carbocycles. The summed E-state index contributed by atoms with van der Waals surface area (Å²) in [6, 6.07) is 0. The van der Waals surface area contributed by atoms with Gasteiger partial charge < -0.3 is 5.32 Å². The van der Waals surface area contributed by atoms with E-state index < -0.39 is 0 Å². The van der Waals surface area contributed by atoms with Gasteiger partial charge in [-0.25, -0.2) is 0 Å². The molecule has 1 aliphatic heterocycles. The van der Waals surface area contributed by atoms with Gasteiger partial charge in [0.2, 0.25) is 0 Å². The maximum atomic E-state index is 3.43. The molecule has 68 valence electrons. The molecule has 0 aromatic heterocycles. The Hall–Kier alpha value is -0.300. The normalized spacial score (nSPS) is 33.9. The number of hydrogen-bond donors (Lipinski definition) is 1. The fourth-order valence-corrected chi connectivity index (χ4v) is 2.40. The Labute approximate surface area is 75.2 Å². The molecule has 1 N–H and O–H groups in total. The fraction of sp³-hybridized carbons (Fsp3) is 0.818. The molecule has 1 saturated heterocycles. The molecule has 1 spiro atoms. The van der Waals surface area contributed by atoms with Crippen LogP contribution in [0.5, 0.6) is 0 Å². The average Bonchev–Trinajstić information content (AvgIpc) is 2.13. The Morgan fingerprint density at radius 1 is 1.25 bits per heavy atom. The Bertz CT molecular complexity index is 177. The molecule has 1 fully saturated rings. The van der Waals surface area contributed by atoms with Crippen molar-refractivity contribution in [3.05, 3.63) is 12.2 Å². The molecular formula is C11H19N. The van der Waals surface area contributed by atoms with Crippen LogP contribution in [0.25, 0.3) is 0 Å². The predicted molar refractivity (Wildman–Crippen MR) is 52.1 cm³/mol. The van der Waals surface area contributed by atoms with Crippen LogP contribution in [0.1, 0.15) is 32.6 Å². The number of piperidine rings is 1. The minimum Gasteiger partial charge on any atom is -0.317 e. The topological polar surface area (TPSA) is 12.0 Å². The van der Waals surface area contributed by atoms with E-state index in [4.69, 9.17) is 0 Å². The molecule has 0 bridgehead atoms. The highest BCUT2D eigenvalue weighted by Crippen LogP contribution is 2.40. The first kappa shape index (κ1) is 8.31. The van der Waals surface area contributed by atoms with Crippen molar-refractivity contribution in [2.75, 3.05) is 13.1 Å². The maximum Gasteiger partial charge on any atom is -0.00406 e. The molecule has 12 heavy (non-hydrogen) atoms. The van der Waals surface area contributed by atoms with Gasteiger partial charge in [0.05, 0.1) is 0 Å². The quantitative estimate of drug-likeness (QED) is 0.543. The lowest BCUT2D eigenvalue weighted by atomic mass is 9.70. The van der Waals surface area contributed by atoms with Gasteiger partial charge in [0.15, 0.2) is 0 Å². The van der Waals surface area contributed by atoms with Gasteiger partial charge in [0.25, 0.3) is 0 Å². The Balaban J connectivity index is 2.05. The van der Waals surface area contributed by atoms with Crippen LogP contribution in [0.2, 0.25) is 0 Å². The van der Waals surface area contributed by atoms with Crippen LogP contribution >= 0.6 is 0 Å². The molecular weight excluding hydrogens is 146 g/mol. The number of nitrogens with one attached hydrogen (secondary N) is 1. The van der Waals surface area contributed by atoms with Crippen LogP contribution in [0.3, 0.4) is 0 Å². The van der Waals surface area contributed by atoms with Crippen molar-refractivity contribution in [1.29, 1.82) is 0 Å². The largest absolute Gasteiger partial charge is 0.317 e. The lowest BCUT2D eigenvalue weighted by molar-refractivity contribution is 0.226. The van der Waals surface area contributed by atoms with E-state index in [9.17, 15) is 0 Å². The van der Waals surface area contributed by atoms with Gasteiger partial charge in [-0.2, -0.15) is 0 Å². The summed E-state index contributed by atoms with van der Waals surface area (Å²) in [7, 11) is 0. The second-order valence-corrected chi connectivity index (χ2v) is 4.49. The van der Waals surface area contributed by atoms with E-state index in [2.05, 4.69) is 24.4 Å². The standard InChI is InChI=1S/C11H19N/c1-10-2-4-11(5-3-10)6-8-12-9-7-11/h2,4,10,12H,3,5-9H2,1H3. The van der Waals surface area contributed by atoms with Gasteiger partial charge in [-0.15, -0.1) is 0 Å². The molecule has 2 aliphatic rings. The van der Waals surface area contributed by atoms with Crippen LogP contribution in [-0.4, -0.2) is 13.1 Å². The minimum atomic E-state index is 0.595. The van der Waals surface area contributed by atoms with E-state index in [1.807, 2.05) is 0 Å². The van der Waals surface area contributed by atoms with Crippen LogP contribution in [0.4, 0.5) is 0 Å². The van der Waals surface area contributed by atoms with E-state index in [0.29, 0.717) is 5.41 Å². The molecule has 1 heteroatoms. The monoisotopic (exact) mass is 165 g/mol. The molecule has 0 amide bonds. The minimum absolute atomic E-state index is 0.595. The van der Waals surface area contributed by atoms with Crippen molar-refractivity contribution in [3.63, 3.8) is 0 Å². The van der Waals surface area contributed by atoms with Crippen LogP contribution in [0, 0.1) is 11.3 Å². The van der Waals surface area contributed by atoms with Gasteiger partial charge in [-0.3, -0.25) is 0 Å². The van der Waals surface area contributed by atoms with E-state index in [-0.39, 0.29) is 0 Å². The summed E-state index contributed by atoms with van der Waals surface area (Å²) in [5, 5.41) is 3.43. The predicted octanol–water partition coefficient (Wildman–Crippen LogP) is 2.34. The number of hydrogen-bond acceptors (Lipinski definition) is 1. The van der Waals surface area contributed by atoms with Crippen molar-refractivity contribution in [1.82, 2.24) is 5.32 Å². The van der Waals surface area contributed by atoms with Gasteiger partial charge in [0.1, 0.15) is 0 Å². The summed E-state index contributed by atoms with van der Waals surface area (Å²) in [5.41, 5.74) is 0.595. The zero-order chi connectivity index (χ0) is 8.44. The van der Waals surface area contributed by atoms with Crippen molar-refractivity contribution >= 4 is 0 Å². The fourth-order valence-electron chi connectivity index (χ4n) is 2.40. The van der Waals surface area contributed by atoms with E-state index in [1.54, 1.807) is 0 Å². The van der Waals surface area contributed by atoms with Gasteiger partial charge in [0, 0.05) is 0 Å². The van der Waals surface area contributed by atoms with Gasteiger partial charge in [-0.1, -0.05) is 19.1 Å². The van der Waals surface area contributed by atoms with Gasteiger partial charge in [-0.05, 0) is 50.1 Å². The van der Waals surface area contributed by atoms with Crippen molar-refractivity contribution in [2.45, 2.75) is 32.6 Å². The van der Waals surface area contributed by atoms with Crippen LogP contribution in [-0.2, 0) is 0 Å². The highest BCUT2D eigenvalue weighted by molar-refractivity contribution is 5.07. The summed E-state index contributed by atoms with van der Waals surface area (Å²) in [6.07, 6.45) is 10.5. The number of allylic oxidation sites excluding steroid dienone is 2. The summed E-state index contributed by atoms with van der Waals surface area (Å²) in [4.78, 5) is 0. The molecule has 0 aromatic carbocycles. The summed E-state index contributed by atoms with van der Waals surface area (Å²) in [6.45, 7) is 4.77. The molecule has 1 atom stereocenters. The first-order valence-corrected chi connectivity index (χ1v) is 5.21. The lowest BCUT2D eigenvalue weighted by Gasteiger charge is -2.38. The van der Waals surface area contributed by atoms with Crippen molar-refractivity contribution in [2.24, 2.45) is 11.3 Å². The van der Waals surface area contributed by atoms with Gasteiger partial charge >= 0.3 is 0 Å². The molecule has 0 saturated carbocycles. The molecule has 2 rings (SSSR count). The zero-order valence-electron chi connectivity index (χ0n) is 7.97. The summed E-state index contributed by atoms with van der Waals surface area (Å²) >= 11 is 0. The first-order valence-electron chi connectivity index (χ1n) is 5.21. The van der Waals surface area contributed by atoms with E-state index >= 15 is 0 Å². The lowest BCUT2D eigenvalue weighted by Crippen LogP contribution is -2.36. The smallest absolute Gasteiger partial charge is 0.00406 e. The van der Waals surface area contributed by atoms with Crippen molar-refractivity contribution < 1.29 is 0 Å². The molecule has 1 heterocycles. The third kappa shape index (κ3) is 1.56. The maximum absolute atomic E-state index is 3.43. The van der Waals surface area contributed by atoms with E-state index in [0.717, 1.165) is 5.92 Å². The average molecular weight is 165 g/mol. The first-order chi connectivity index (χ1) is 5.81. The molecule has 0 radical (unpaired) electrons. The Kier molecular flexibility index (Phi) is 2.22. The summed E-state index contributed by atoms with van der Waals surface area (Å²) in [5.74, 6) is 0.825. The van der Waals surface area contributed by atoms with Crippen LogP contribution in [0.15, 0.2) is 12.2 Å². The second-order valence-electron chi connectivity index (χ2n) is 4.49. The third-order valence-corrected chi connectivity index (χ3v) is 3.48. The summed E-state index contributed by atoms with van der Waals surface area (Å²) < 4.78 is 0. The molecule has 0 aromatic rings. The molecule has 1 unspecified atom stereocenters. The highest BCUT2D eigenvalue weighted by Gasteiger charge is 2.31. The third-order valence-electron chi connectivity index (χ3n) is 3.48. The number of rotatable bonds is 0. The second kappa shape index (κ2) is 3.21. The Morgan fingerprint density at radius 3 is 2.58 bits per heavy atom. The van der Waals surface area contributed by atoms with Crippen LogP contribution < -0.4 is 5.32 Å².